The highest BCUT2D eigenvalue weighted by Gasteiger charge is 2.30. The molecule has 10 heteroatoms. The van der Waals surface area contributed by atoms with Crippen molar-refractivity contribution in [2.75, 3.05) is 13.1 Å². The smallest absolute Gasteiger partial charge is 0.407 e. The first-order chi connectivity index (χ1) is 20.4. The molecule has 0 bridgehead atoms. The molecule has 4 rings (SSSR count). The fraction of sp³-hybridized carbons (Fsp3) is 0.424. The number of hydrogen-bond donors (Lipinski definition) is 1. The molecule has 0 aliphatic heterocycles. The first-order valence-electron chi connectivity index (χ1n) is 14.7. The van der Waals surface area contributed by atoms with Gasteiger partial charge < -0.3 is 15.0 Å². The van der Waals surface area contributed by atoms with E-state index >= 15 is 0 Å². The van der Waals surface area contributed by atoms with E-state index in [2.05, 4.69) is 10.4 Å². The Kier molecular flexibility index (Phi) is 9.68. The van der Waals surface area contributed by atoms with Crippen LogP contribution in [0, 0.1) is 13.8 Å². The summed E-state index contributed by atoms with van der Waals surface area (Å²) in [6.45, 7) is 12.1. The van der Waals surface area contributed by atoms with Crippen LogP contribution in [0.1, 0.15) is 79.6 Å². The highest BCUT2D eigenvalue weighted by atomic mass is 16.6. The maximum absolute atomic E-state index is 14.1. The third kappa shape index (κ3) is 7.49. The molecule has 0 spiro atoms. The van der Waals surface area contributed by atoms with Crippen LogP contribution >= 0.6 is 0 Å². The van der Waals surface area contributed by atoms with Gasteiger partial charge in [-0.15, -0.1) is 0 Å². The van der Waals surface area contributed by atoms with Crippen LogP contribution in [0.3, 0.4) is 0 Å². The minimum absolute atomic E-state index is 0.175. The van der Waals surface area contributed by atoms with Crippen molar-refractivity contribution >= 4 is 23.0 Å². The van der Waals surface area contributed by atoms with Gasteiger partial charge in [-0.1, -0.05) is 55.0 Å². The number of rotatable bonds is 10. The zero-order valence-electron chi connectivity index (χ0n) is 26.2. The summed E-state index contributed by atoms with van der Waals surface area (Å²) in [4.78, 5) is 47.2. The van der Waals surface area contributed by atoms with Gasteiger partial charge in [-0.25, -0.2) is 14.5 Å². The quantitative estimate of drug-likeness (QED) is 0.252. The number of hydrogen-bond acceptors (Lipinski definition) is 6. The SMILES string of the molecule is CCC(c1nc2c(c(C)nn2C)c(=O)n1Cc1ccccc1)N(CCCNC(=O)OC(C)(C)C)C(=O)c1ccc(C)cc1. The van der Waals surface area contributed by atoms with Crippen LogP contribution in [0.15, 0.2) is 59.4 Å². The van der Waals surface area contributed by atoms with Gasteiger partial charge >= 0.3 is 6.09 Å². The summed E-state index contributed by atoms with van der Waals surface area (Å²) in [5.41, 5.74) is 2.82. The van der Waals surface area contributed by atoms with Gasteiger partial charge in [-0.2, -0.15) is 5.10 Å². The Balaban J connectivity index is 1.76. The van der Waals surface area contributed by atoms with Gasteiger partial charge in [0.2, 0.25) is 0 Å². The van der Waals surface area contributed by atoms with E-state index in [1.54, 1.807) is 28.1 Å². The molecule has 0 radical (unpaired) electrons. The van der Waals surface area contributed by atoms with Crippen molar-refractivity contribution < 1.29 is 14.3 Å². The standard InChI is InChI=1S/C33H42N6O4/c1-8-26(28-35-29-27(23(3)36-37(29)7)31(41)39(28)21-24-13-10-9-11-14-24)38(30(40)25-17-15-22(2)16-18-25)20-12-19-34-32(42)43-33(4,5)6/h9-11,13-18,26H,8,12,19-21H2,1-7H3,(H,34,42). The number of nitrogens with one attached hydrogen (secondary N) is 1. The van der Waals surface area contributed by atoms with Crippen molar-refractivity contribution in [1.29, 1.82) is 0 Å². The lowest BCUT2D eigenvalue weighted by atomic mass is 10.1. The molecule has 0 fully saturated rings. The number of nitrogens with zero attached hydrogens (tertiary/aromatic N) is 5. The van der Waals surface area contributed by atoms with Gasteiger partial charge in [0.25, 0.3) is 11.5 Å². The second kappa shape index (κ2) is 13.2. The van der Waals surface area contributed by atoms with Gasteiger partial charge in [0.15, 0.2) is 5.65 Å². The van der Waals surface area contributed by atoms with E-state index in [1.807, 2.05) is 89.2 Å². The van der Waals surface area contributed by atoms with Crippen molar-refractivity contribution in [3.63, 3.8) is 0 Å². The van der Waals surface area contributed by atoms with Crippen LogP contribution in [0.5, 0.6) is 0 Å². The molecular formula is C33H42N6O4. The molecule has 2 amide bonds. The van der Waals surface area contributed by atoms with Crippen LogP contribution < -0.4 is 10.9 Å². The molecule has 4 aromatic rings. The van der Waals surface area contributed by atoms with E-state index in [-0.39, 0.29) is 11.5 Å². The predicted octanol–water partition coefficient (Wildman–Crippen LogP) is 5.30. The number of fused-ring (bicyclic) bond motifs is 1. The largest absolute Gasteiger partial charge is 0.444 e. The summed E-state index contributed by atoms with van der Waals surface area (Å²) in [5, 5.41) is 7.72. The zero-order valence-corrected chi connectivity index (χ0v) is 26.2. The van der Waals surface area contributed by atoms with Crippen molar-refractivity contribution in [2.24, 2.45) is 7.05 Å². The van der Waals surface area contributed by atoms with Gasteiger partial charge in [-0.05, 0) is 65.2 Å². The summed E-state index contributed by atoms with van der Waals surface area (Å²) >= 11 is 0. The topological polar surface area (TPSA) is 111 Å². The molecule has 2 aromatic carbocycles. The first kappa shape index (κ1) is 31.5. The van der Waals surface area contributed by atoms with Crippen LogP contribution in [0.4, 0.5) is 4.79 Å². The Bertz CT molecular complexity index is 1630. The molecule has 1 N–H and O–H groups in total. The Morgan fingerprint density at radius 2 is 1.72 bits per heavy atom. The van der Waals surface area contributed by atoms with Gasteiger partial charge in [0.1, 0.15) is 16.8 Å². The molecule has 2 aromatic heterocycles. The fourth-order valence-corrected chi connectivity index (χ4v) is 5.16. The fourth-order valence-electron chi connectivity index (χ4n) is 5.16. The Morgan fingerprint density at radius 1 is 1.05 bits per heavy atom. The summed E-state index contributed by atoms with van der Waals surface area (Å²) in [6, 6.07) is 16.7. The molecule has 1 unspecified atom stereocenters. The second-order valence-corrected chi connectivity index (χ2v) is 11.8. The molecule has 0 aliphatic rings. The lowest BCUT2D eigenvalue weighted by molar-refractivity contribution is 0.0523. The summed E-state index contributed by atoms with van der Waals surface area (Å²) < 4.78 is 8.66. The number of ether oxygens (including phenoxy) is 1. The van der Waals surface area contributed by atoms with E-state index in [1.165, 1.54) is 0 Å². The van der Waals surface area contributed by atoms with Gasteiger partial charge in [0.05, 0.1) is 18.3 Å². The number of carbonyl (C=O) groups excluding carboxylic acids is 2. The summed E-state index contributed by atoms with van der Waals surface area (Å²) in [7, 11) is 1.77. The van der Waals surface area contributed by atoms with Crippen molar-refractivity contribution in [1.82, 2.24) is 29.5 Å². The first-order valence-corrected chi connectivity index (χ1v) is 14.7. The number of benzene rings is 2. The molecule has 43 heavy (non-hydrogen) atoms. The Hall–Kier alpha value is -4.47. The molecular weight excluding hydrogens is 544 g/mol. The zero-order chi connectivity index (χ0) is 31.3. The third-order valence-electron chi connectivity index (χ3n) is 7.20. The highest BCUT2D eigenvalue weighted by Crippen LogP contribution is 2.27. The molecule has 0 saturated carbocycles. The molecule has 1 atom stereocenters. The molecule has 0 saturated heterocycles. The number of alkyl carbamates (subject to hydrolysis) is 1. The van der Waals surface area contributed by atoms with Gasteiger partial charge in [0, 0.05) is 25.7 Å². The van der Waals surface area contributed by atoms with E-state index in [0.717, 1.165) is 11.1 Å². The van der Waals surface area contributed by atoms with Crippen molar-refractivity contribution in [3.8, 4) is 0 Å². The van der Waals surface area contributed by atoms with Crippen LogP contribution in [-0.2, 0) is 18.3 Å². The molecule has 228 valence electrons. The third-order valence-corrected chi connectivity index (χ3v) is 7.20. The van der Waals surface area contributed by atoms with Crippen molar-refractivity contribution in [3.05, 3.63) is 93.2 Å². The second-order valence-electron chi connectivity index (χ2n) is 11.8. The highest BCUT2D eigenvalue weighted by molar-refractivity contribution is 5.94. The molecule has 2 heterocycles. The predicted molar refractivity (Wildman–Crippen MR) is 167 cm³/mol. The number of amides is 2. The average molecular weight is 587 g/mol. The minimum Gasteiger partial charge on any atom is -0.444 e. The Morgan fingerprint density at radius 3 is 2.35 bits per heavy atom. The Labute approximate surface area is 252 Å². The molecule has 0 aliphatic carbocycles. The van der Waals surface area contributed by atoms with Crippen LogP contribution in [-0.4, -0.2) is 54.9 Å². The van der Waals surface area contributed by atoms with E-state index in [0.29, 0.717) is 60.6 Å². The monoisotopic (exact) mass is 586 g/mol. The summed E-state index contributed by atoms with van der Waals surface area (Å²) in [5.74, 6) is 0.318. The lowest BCUT2D eigenvalue weighted by Crippen LogP contribution is -2.41. The molecule has 10 nitrogen and oxygen atoms in total. The maximum Gasteiger partial charge on any atom is 0.407 e. The number of aromatic nitrogens is 4. The van der Waals surface area contributed by atoms with Crippen molar-refractivity contribution in [2.45, 2.75) is 72.6 Å². The maximum atomic E-state index is 14.1. The lowest BCUT2D eigenvalue weighted by Gasteiger charge is -2.32. The van der Waals surface area contributed by atoms with E-state index < -0.39 is 17.7 Å². The number of carbonyl (C=O) groups is 2. The summed E-state index contributed by atoms with van der Waals surface area (Å²) in [6.07, 6.45) is 0.482. The van der Waals surface area contributed by atoms with E-state index in [4.69, 9.17) is 9.72 Å². The van der Waals surface area contributed by atoms with Gasteiger partial charge in [-0.3, -0.25) is 14.2 Å². The van der Waals surface area contributed by atoms with Crippen LogP contribution in [0.2, 0.25) is 0 Å². The van der Waals surface area contributed by atoms with Crippen LogP contribution in [0.25, 0.3) is 11.0 Å². The minimum atomic E-state index is -0.609. The average Bonchev–Trinajstić information content (AvgIpc) is 3.24. The van der Waals surface area contributed by atoms with E-state index in [9.17, 15) is 14.4 Å². The number of aryl methyl sites for hydroxylation is 3. The normalized spacial score (nSPS) is 12.3.